The number of nitrogens with one attached hydrogen (secondary N) is 1. The lowest BCUT2D eigenvalue weighted by Crippen LogP contribution is -2.18. The number of rotatable bonds is 4. The summed E-state index contributed by atoms with van der Waals surface area (Å²) in [4.78, 5) is 13.9. The molecule has 0 atom stereocenters. The summed E-state index contributed by atoms with van der Waals surface area (Å²) in [5.41, 5.74) is 4.47. The number of hydrogen-bond acceptors (Lipinski definition) is 4. The molecule has 0 fully saturated rings. The minimum Gasteiger partial charge on any atom is -0.507 e. The Balaban J connectivity index is 2.03. The molecule has 6 heteroatoms. The van der Waals surface area contributed by atoms with Gasteiger partial charge in [-0.25, -0.2) is 5.43 Å². The molecule has 0 spiro atoms. The third kappa shape index (κ3) is 4.08. The monoisotopic (exact) mass is 361 g/mol. The van der Waals surface area contributed by atoms with Crippen LogP contribution in [0.3, 0.4) is 0 Å². The maximum absolute atomic E-state index is 12.0. The number of halogens is 1. The van der Waals surface area contributed by atoms with Gasteiger partial charge in [0.05, 0.1) is 6.21 Å². The van der Waals surface area contributed by atoms with Gasteiger partial charge in [0.15, 0.2) is 0 Å². The fraction of sp³-hybridized carbons (Fsp3) is 0.125. The summed E-state index contributed by atoms with van der Waals surface area (Å²) in [5, 5.41) is 13.5. The van der Waals surface area contributed by atoms with Gasteiger partial charge in [0, 0.05) is 35.4 Å². The first-order chi connectivity index (χ1) is 10.5. The normalized spacial score (nSPS) is 10.7. The molecule has 0 heterocycles. The van der Waals surface area contributed by atoms with Gasteiger partial charge in [-0.05, 0) is 42.5 Å². The fourth-order valence-corrected chi connectivity index (χ4v) is 2.14. The molecule has 114 valence electrons. The number of benzene rings is 2. The van der Waals surface area contributed by atoms with Crippen LogP contribution in [-0.4, -0.2) is 31.3 Å². The van der Waals surface area contributed by atoms with Crippen molar-refractivity contribution in [2.24, 2.45) is 5.10 Å². The zero-order valence-corrected chi connectivity index (χ0v) is 13.8. The molecule has 1 amide bonds. The third-order valence-electron chi connectivity index (χ3n) is 3.01. The average Bonchev–Trinajstić information content (AvgIpc) is 2.50. The molecule has 2 N–H and O–H groups in total. The number of nitrogens with zero attached hydrogens (tertiary/aromatic N) is 2. The summed E-state index contributed by atoms with van der Waals surface area (Å²) in [7, 11) is 3.87. The molecule has 0 aliphatic rings. The molecule has 22 heavy (non-hydrogen) atoms. The lowest BCUT2D eigenvalue weighted by Gasteiger charge is -2.12. The van der Waals surface area contributed by atoms with Crippen LogP contribution < -0.4 is 10.3 Å². The van der Waals surface area contributed by atoms with Crippen LogP contribution in [0.15, 0.2) is 52.0 Å². The number of amides is 1. The highest BCUT2D eigenvalue weighted by Gasteiger charge is 2.05. The number of phenols is 1. The van der Waals surface area contributed by atoms with E-state index in [0.29, 0.717) is 11.1 Å². The highest BCUT2D eigenvalue weighted by Crippen LogP contribution is 2.20. The van der Waals surface area contributed by atoms with E-state index in [1.54, 1.807) is 30.3 Å². The van der Waals surface area contributed by atoms with Gasteiger partial charge in [-0.2, -0.15) is 5.10 Å². The maximum atomic E-state index is 12.0. The Labute approximate surface area is 137 Å². The average molecular weight is 362 g/mol. The molecule has 0 radical (unpaired) electrons. The highest BCUT2D eigenvalue weighted by molar-refractivity contribution is 9.10. The first-order valence-corrected chi connectivity index (χ1v) is 7.36. The largest absolute Gasteiger partial charge is 0.507 e. The van der Waals surface area contributed by atoms with Gasteiger partial charge in [0.25, 0.3) is 5.91 Å². The van der Waals surface area contributed by atoms with Crippen LogP contribution in [0.2, 0.25) is 0 Å². The van der Waals surface area contributed by atoms with E-state index in [4.69, 9.17) is 0 Å². The van der Waals surface area contributed by atoms with Crippen molar-refractivity contribution in [3.63, 3.8) is 0 Å². The number of carbonyl (C=O) groups excluding carboxylic acids is 1. The van der Waals surface area contributed by atoms with Crippen molar-refractivity contribution < 1.29 is 9.90 Å². The van der Waals surface area contributed by atoms with Gasteiger partial charge in [-0.3, -0.25) is 4.79 Å². The van der Waals surface area contributed by atoms with Crippen molar-refractivity contribution in [3.05, 3.63) is 58.1 Å². The van der Waals surface area contributed by atoms with Crippen molar-refractivity contribution in [2.75, 3.05) is 19.0 Å². The first-order valence-electron chi connectivity index (χ1n) is 6.56. The summed E-state index contributed by atoms with van der Waals surface area (Å²) in [6, 6.07) is 12.2. The lowest BCUT2D eigenvalue weighted by atomic mass is 10.2. The van der Waals surface area contributed by atoms with Crippen LogP contribution in [0.4, 0.5) is 5.69 Å². The summed E-state index contributed by atoms with van der Waals surface area (Å²) in [5.74, 6) is -0.215. The molecular weight excluding hydrogens is 346 g/mol. The van der Waals surface area contributed by atoms with Gasteiger partial charge in [-0.15, -0.1) is 0 Å². The second-order valence-corrected chi connectivity index (χ2v) is 5.76. The minimum atomic E-state index is -0.309. The Morgan fingerprint density at radius 3 is 2.55 bits per heavy atom. The molecule has 0 bridgehead atoms. The van der Waals surface area contributed by atoms with Crippen molar-refractivity contribution in [1.82, 2.24) is 5.43 Å². The topological polar surface area (TPSA) is 64.9 Å². The number of aromatic hydroxyl groups is 1. The van der Waals surface area contributed by atoms with Crippen molar-refractivity contribution in [2.45, 2.75) is 0 Å². The number of hydrazone groups is 1. The predicted molar refractivity (Wildman–Crippen MR) is 91.6 cm³/mol. The van der Waals surface area contributed by atoms with E-state index in [1.807, 2.05) is 31.1 Å². The Kier molecular flexibility index (Phi) is 5.16. The van der Waals surface area contributed by atoms with E-state index in [2.05, 4.69) is 26.5 Å². The van der Waals surface area contributed by atoms with E-state index < -0.39 is 0 Å². The molecular formula is C16H16BrN3O2. The maximum Gasteiger partial charge on any atom is 0.271 e. The Morgan fingerprint density at radius 1 is 1.23 bits per heavy atom. The smallest absolute Gasteiger partial charge is 0.271 e. The van der Waals surface area contributed by atoms with Crippen molar-refractivity contribution in [1.29, 1.82) is 0 Å². The molecule has 0 saturated carbocycles. The van der Waals surface area contributed by atoms with Gasteiger partial charge < -0.3 is 10.0 Å². The summed E-state index contributed by atoms with van der Waals surface area (Å²) >= 11 is 3.31. The van der Waals surface area contributed by atoms with Crippen LogP contribution in [0, 0.1) is 0 Å². The molecule has 0 saturated heterocycles. The van der Waals surface area contributed by atoms with Crippen LogP contribution >= 0.6 is 15.9 Å². The Hall–Kier alpha value is -2.34. The molecule has 2 aromatic carbocycles. The summed E-state index contributed by atoms with van der Waals surface area (Å²) in [6.45, 7) is 0. The van der Waals surface area contributed by atoms with Crippen LogP contribution in [0.5, 0.6) is 5.75 Å². The van der Waals surface area contributed by atoms with E-state index in [0.717, 1.165) is 10.2 Å². The number of carbonyl (C=O) groups is 1. The molecule has 0 unspecified atom stereocenters. The molecule has 2 aromatic rings. The standard InChI is InChI=1S/C16H16BrN3O2/c1-20(2)14-6-3-11(4-7-14)16(22)19-18-10-12-9-13(17)5-8-15(12)21/h3-10,21H,1-2H3,(H,19,22)/b18-10-. The molecule has 5 nitrogen and oxygen atoms in total. The SMILES string of the molecule is CN(C)c1ccc(C(=O)N/N=C\c2cc(Br)ccc2O)cc1. The lowest BCUT2D eigenvalue weighted by molar-refractivity contribution is 0.0955. The van der Waals surface area contributed by atoms with Gasteiger partial charge >= 0.3 is 0 Å². The van der Waals surface area contributed by atoms with E-state index in [1.165, 1.54) is 6.21 Å². The second-order valence-electron chi connectivity index (χ2n) is 4.84. The van der Waals surface area contributed by atoms with Crippen LogP contribution in [0.1, 0.15) is 15.9 Å². The number of anilines is 1. The van der Waals surface area contributed by atoms with E-state index in [9.17, 15) is 9.90 Å². The van der Waals surface area contributed by atoms with Crippen LogP contribution in [0.25, 0.3) is 0 Å². The summed E-state index contributed by atoms with van der Waals surface area (Å²) in [6.07, 6.45) is 1.40. The predicted octanol–water partition coefficient (Wildman–Crippen LogP) is 2.98. The summed E-state index contributed by atoms with van der Waals surface area (Å²) < 4.78 is 0.817. The third-order valence-corrected chi connectivity index (χ3v) is 3.50. The molecule has 0 aromatic heterocycles. The van der Waals surface area contributed by atoms with Crippen molar-refractivity contribution in [3.8, 4) is 5.75 Å². The zero-order chi connectivity index (χ0) is 16.1. The highest BCUT2D eigenvalue weighted by atomic mass is 79.9. The van der Waals surface area contributed by atoms with Crippen molar-refractivity contribution >= 4 is 33.7 Å². The Morgan fingerprint density at radius 2 is 1.91 bits per heavy atom. The Bertz CT molecular complexity index is 697. The van der Waals surface area contributed by atoms with Gasteiger partial charge in [0.1, 0.15) is 5.75 Å². The zero-order valence-electron chi connectivity index (χ0n) is 12.2. The minimum absolute atomic E-state index is 0.0940. The molecule has 0 aliphatic heterocycles. The number of hydrogen-bond donors (Lipinski definition) is 2. The molecule has 2 rings (SSSR count). The van der Waals surface area contributed by atoms with Gasteiger partial charge in [-0.1, -0.05) is 15.9 Å². The number of phenolic OH excluding ortho intramolecular Hbond substituents is 1. The van der Waals surface area contributed by atoms with E-state index >= 15 is 0 Å². The first kappa shape index (κ1) is 16.0. The van der Waals surface area contributed by atoms with Crippen LogP contribution in [-0.2, 0) is 0 Å². The quantitative estimate of drug-likeness (QED) is 0.649. The van der Waals surface area contributed by atoms with E-state index in [-0.39, 0.29) is 11.7 Å². The fourth-order valence-electron chi connectivity index (χ4n) is 1.76. The van der Waals surface area contributed by atoms with Gasteiger partial charge in [0.2, 0.25) is 0 Å². The second kappa shape index (κ2) is 7.09. The molecule has 0 aliphatic carbocycles.